The summed E-state index contributed by atoms with van der Waals surface area (Å²) in [4.78, 5) is 11.4. The van der Waals surface area contributed by atoms with Crippen LogP contribution in [0.2, 0.25) is 0 Å². The van der Waals surface area contributed by atoms with Gasteiger partial charge in [0.05, 0.1) is 20.3 Å². The molecule has 0 saturated carbocycles. The molecule has 0 spiro atoms. The van der Waals surface area contributed by atoms with Crippen molar-refractivity contribution < 1.29 is 19.0 Å². The predicted octanol–water partition coefficient (Wildman–Crippen LogP) is 1.73. The maximum absolute atomic E-state index is 11.4. The van der Waals surface area contributed by atoms with E-state index in [1.54, 1.807) is 6.92 Å². The Morgan fingerprint density at radius 3 is 2.07 bits per heavy atom. The van der Waals surface area contributed by atoms with Gasteiger partial charge in [0.25, 0.3) is 5.79 Å². The summed E-state index contributed by atoms with van der Waals surface area (Å²) in [5.74, 6) is -1.69. The first-order valence-electron chi connectivity index (χ1n) is 5.38. The maximum Gasteiger partial charge on any atom is 0.366 e. The van der Waals surface area contributed by atoms with Gasteiger partial charge in [-0.15, -0.1) is 0 Å². The van der Waals surface area contributed by atoms with E-state index >= 15 is 0 Å². The van der Waals surface area contributed by atoms with Crippen molar-refractivity contribution in [1.82, 2.24) is 0 Å². The molecule has 1 aliphatic heterocycles. The van der Waals surface area contributed by atoms with E-state index in [0.717, 1.165) is 12.8 Å². The van der Waals surface area contributed by atoms with Crippen LogP contribution in [-0.2, 0) is 19.0 Å². The van der Waals surface area contributed by atoms with Crippen LogP contribution < -0.4 is 0 Å². The molecule has 1 aliphatic rings. The van der Waals surface area contributed by atoms with Crippen LogP contribution in [0, 0.1) is 5.41 Å². The van der Waals surface area contributed by atoms with Crippen molar-refractivity contribution in [3.05, 3.63) is 0 Å². The number of hydrogen-bond donors (Lipinski definition) is 0. The molecule has 0 radical (unpaired) electrons. The second-order valence-electron chi connectivity index (χ2n) is 4.22. The van der Waals surface area contributed by atoms with Gasteiger partial charge in [-0.1, -0.05) is 13.8 Å². The van der Waals surface area contributed by atoms with Crippen molar-refractivity contribution in [3.8, 4) is 0 Å². The largest absolute Gasteiger partial charge is 0.465 e. The molecule has 0 unspecified atom stereocenters. The van der Waals surface area contributed by atoms with Crippen LogP contribution in [0.4, 0.5) is 0 Å². The first-order chi connectivity index (χ1) is 7.02. The summed E-state index contributed by atoms with van der Waals surface area (Å²) in [6, 6.07) is 0. The van der Waals surface area contributed by atoms with Crippen LogP contribution in [0.5, 0.6) is 0 Å². The Hall–Kier alpha value is -0.610. The third-order valence-corrected chi connectivity index (χ3v) is 3.36. The van der Waals surface area contributed by atoms with Crippen molar-refractivity contribution in [2.24, 2.45) is 5.41 Å². The Morgan fingerprint density at radius 1 is 1.27 bits per heavy atom. The smallest absolute Gasteiger partial charge is 0.366 e. The molecule has 4 heteroatoms. The lowest BCUT2D eigenvalue weighted by atomic mass is 9.83. The van der Waals surface area contributed by atoms with Crippen LogP contribution in [0.1, 0.15) is 33.6 Å². The number of esters is 1. The van der Waals surface area contributed by atoms with Crippen molar-refractivity contribution in [3.63, 3.8) is 0 Å². The summed E-state index contributed by atoms with van der Waals surface area (Å²) >= 11 is 0. The summed E-state index contributed by atoms with van der Waals surface area (Å²) in [7, 11) is 1.34. The van der Waals surface area contributed by atoms with E-state index < -0.39 is 11.8 Å². The highest BCUT2D eigenvalue weighted by Gasteiger charge is 2.45. The first-order valence-corrected chi connectivity index (χ1v) is 5.38. The fourth-order valence-electron chi connectivity index (χ4n) is 1.63. The Morgan fingerprint density at radius 2 is 1.73 bits per heavy atom. The molecule has 0 atom stereocenters. The summed E-state index contributed by atoms with van der Waals surface area (Å²) in [5, 5.41) is 0. The fraction of sp³-hybridized carbons (Fsp3) is 0.909. The van der Waals surface area contributed by atoms with Crippen molar-refractivity contribution in [2.75, 3.05) is 20.3 Å². The van der Waals surface area contributed by atoms with Gasteiger partial charge in [0.2, 0.25) is 0 Å². The van der Waals surface area contributed by atoms with E-state index in [-0.39, 0.29) is 5.41 Å². The Labute approximate surface area is 90.9 Å². The second-order valence-corrected chi connectivity index (χ2v) is 4.22. The number of ether oxygens (including phenoxy) is 3. The minimum Gasteiger partial charge on any atom is -0.465 e. The number of rotatable bonds is 3. The normalized spacial score (nSPS) is 23.5. The quantitative estimate of drug-likeness (QED) is 0.674. The maximum atomic E-state index is 11.4. The molecule has 0 aromatic rings. The fourth-order valence-corrected chi connectivity index (χ4v) is 1.63. The van der Waals surface area contributed by atoms with E-state index in [9.17, 15) is 4.79 Å². The Bertz CT molecular complexity index is 223. The first kappa shape index (κ1) is 12.5. The molecule has 15 heavy (non-hydrogen) atoms. The highest BCUT2D eigenvalue weighted by atomic mass is 16.7. The van der Waals surface area contributed by atoms with E-state index in [4.69, 9.17) is 9.47 Å². The molecule has 4 nitrogen and oxygen atoms in total. The van der Waals surface area contributed by atoms with Crippen LogP contribution in [0.15, 0.2) is 0 Å². The number of hydrogen-bond acceptors (Lipinski definition) is 4. The van der Waals surface area contributed by atoms with Gasteiger partial charge in [0.15, 0.2) is 0 Å². The van der Waals surface area contributed by atoms with Crippen molar-refractivity contribution >= 4 is 5.97 Å². The summed E-state index contributed by atoms with van der Waals surface area (Å²) in [5.41, 5.74) is 0.0491. The second kappa shape index (κ2) is 4.49. The molecular formula is C11H20O4. The molecule has 0 N–H and O–H groups in total. The Kier molecular flexibility index (Phi) is 3.73. The Balaban J connectivity index is 2.65. The minimum atomic E-state index is -1.22. The molecule has 1 fully saturated rings. The zero-order valence-corrected chi connectivity index (χ0v) is 9.96. The zero-order chi connectivity index (χ0) is 11.5. The van der Waals surface area contributed by atoms with Gasteiger partial charge in [0.1, 0.15) is 0 Å². The van der Waals surface area contributed by atoms with Gasteiger partial charge < -0.3 is 14.2 Å². The molecule has 0 amide bonds. The van der Waals surface area contributed by atoms with E-state index in [1.807, 2.05) is 0 Å². The molecule has 88 valence electrons. The monoisotopic (exact) mass is 216 g/mol. The molecule has 0 bridgehead atoms. The molecule has 1 saturated heterocycles. The number of carbonyl (C=O) groups is 1. The summed E-state index contributed by atoms with van der Waals surface area (Å²) in [6.07, 6.45) is 1.97. The molecule has 0 aliphatic carbocycles. The van der Waals surface area contributed by atoms with E-state index in [0.29, 0.717) is 13.2 Å². The standard InChI is InChI=1S/C11H20O4/c1-5-11(6-2)7-14-10(3,15-8-11)9(12)13-4/h5-8H2,1-4H3. The van der Waals surface area contributed by atoms with Crippen molar-refractivity contribution in [1.29, 1.82) is 0 Å². The predicted molar refractivity (Wildman–Crippen MR) is 55.3 cm³/mol. The van der Waals surface area contributed by atoms with Gasteiger partial charge in [-0.25, -0.2) is 4.79 Å². The molecule has 1 rings (SSSR count). The van der Waals surface area contributed by atoms with Gasteiger partial charge in [-0.05, 0) is 12.8 Å². The summed E-state index contributed by atoms with van der Waals surface area (Å²) in [6.45, 7) is 6.92. The van der Waals surface area contributed by atoms with Crippen LogP contribution in [-0.4, -0.2) is 32.1 Å². The average molecular weight is 216 g/mol. The average Bonchev–Trinajstić information content (AvgIpc) is 2.30. The number of methoxy groups -OCH3 is 1. The minimum absolute atomic E-state index is 0.0491. The molecule has 0 aromatic carbocycles. The highest BCUT2D eigenvalue weighted by Crippen LogP contribution is 2.35. The third kappa shape index (κ3) is 2.32. The van der Waals surface area contributed by atoms with Gasteiger partial charge in [0, 0.05) is 12.3 Å². The third-order valence-electron chi connectivity index (χ3n) is 3.36. The molecule has 0 aromatic heterocycles. The SMILES string of the molecule is CCC1(CC)COC(C)(C(=O)OC)OC1. The molecular weight excluding hydrogens is 196 g/mol. The van der Waals surface area contributed by atoms with Crippen LogP contribution >= 0.6 is 0 Å². The number of carbonyl (C=O) groups excluding carboxylic acids is 1. The van der Waals surface area contributed by atoms with E-state index in [2.05, 4.69) is 18.6 Å². The highest BCUT2D eigenvalue weighted by molar-refractivity contribution is 5.77. The lowest BCUT2D eigenvalue weighted by molar-refractivity contribution is -0.291. The van der Waals surface area contributed by atoms with Crippen LogP contribution in [0.25, 0.3) is 0 Å². The zero-order valence-electron chi connectivity index (χ0n) is 9.96. The van der Waals surface area contributed by atoms with Crippen molar-refractivity contribution in [2.45, 2.75) is 39.4 Å². The van der Waals surface area contributed by atoms with E-state index in [1.165, 1.54) is 7.11 Å². The van der Waals surface area contributed by atoms with Gasteiger partial charge in [-0.3, -0.25) is 0 Å². The summed E-state index contributed by atoms with van der Waals surface area (Å²) < 4.78 is 15.7. The topological polar surface area (TPSA) is 44.8 Å². The molecule has 1 heterocycles. The lowest BCUT2D eigenvalue weighted by Crippen LogP contribution is -2.52. The van der Waals surface area contributed by atoms with Gasteiger partial charge in [-0.2, -0.15) is 0 Å². The van der Waals surface area contributed by atoms with Crippen LogP contribution in [0.3, 0.4) is 0 Å². The lowest BCUT2D eigenvalue weighted by Gasteiger charge is -2.42. The van der Waals surface area contributed by atoms with Gasteiger partial charge >= 0.3 is 5.97 Å².